The van der Waals surface area contributed by atoms with E-state index in [0.717, 1.165) is 30.1 Å². The van der Waals surface area contributed by atoms with Gasteiger partial charge in [-0.2, -0.15) is 0 Å². The van der Waals surface area contributed by atoms with Crippen molar-refractivity contribution in [2.24, 2.45) is 0 Å². The molecule has 0 radical (unpaired) electrons. The number of amides is 1. The van der Waals surface area contributed by atoms with Crippen LogP contribution in [0.4, 0.5) is 5.69 Å². The van der Waals surface area contributed by atoms with Crippen LogP contribution in [0.25, 0.3) is 0 Å². The Morgan fingerprint density at radius 3 is 2.39 bits per heavy atom. The van der Waals surface area contributed by atoms with Gasteiger partial charge in [-0.05, 0) is 49.4 Å². The molecule has 0 aromatic heterocycles. The molecule has 1 amide bonds. The molecule has 0 saturated carbocycles. The Bertz CT molecular complexity index is 615. The Labute approximate surface area is 143 Å². The van der Waals surface area contributed by atoms with E-state index < -0.39 is 0 Å². The highest BCUT2D eigenvalue weighted by molar-refractivity contribution is 6.04. The van der Waals surface area contributed by atoms with Crippen LogP contribution in [-0.2, 0) is 6.54 Å². The van der Waals surface area contributed by atoms with E-state index in [9.17, 15) is 4.79 Å². The predicted octanol–water partition coefficient (Wildman–Crippen LogP) is 3.87. The molecular formula is C18H23ClN2O2. The van der Waals surface area contributed by atoms with Crippen LogP contribution in [0.15, 0.2) is 48.5 Å². The number of halogens is 1. The first kappa shape index (κ1) is 19.0. The van der Waals surface area contributed by atoms with Crippen LogP contribution in [0.3, 0.4) is 0 Å². The highest BCUT2D eigenvalue weighted by Crippen LogP contribution is 2.17. The first-order chi connectivity index (χ1) is 10.7. The van der Waals surface area contributed by atoms with Crippen LogP contribution in [0, 0.1) is 0 Å². The summed E-state index contributed by atoms with van der Waals surface area (Å²) in [6.45, 7) is 6.23. The van der Waals surface area contributed by atoms with E-state index in [4.69, 9.17) is 4.74 Å². The highest BCUT2D eigenvalue weighted by Gasteiger charge is 2.09. The molecule has 0 unspecified atom stereocenters. The summed E-state index contributed by atoms with van der Waals surface area (Å²) in [5, 5.41) is 6.24. The van der Waals surface area contributed by atoms with Crippen LogP contribution in [0.1, 0.15) is 29.8 Å². The summed E-state index contributed by atoms with van der Waals surface area (Å²) >= 11 is 0. The first-order valence-corrected chi connectivity index (χ1v) is 7.57. The van der Waals surface area contributed by atoms with Crippen molar-refractivity contribution in [2.45, 2.75) is 20.4 Å². The summed E-state index contributed by atoms with van der Waals surface area (Å²) in [6.07, 6.45) is 0. The second kappa shape index (κ2) is 9.87. The SMILES string of the molecule is CCNCc1ccccc1NC(=O)c1ccc(OCC)cc1.Cl. The molecule has 0 bridgehead atoms. The minimum Gasteiger partial charge on any atom is -0.494 e. The van der Waals surface area contributed by atoms with Gasteiger partial charge in [-0.25, -0.2) is 0 Å². The van der Waals surface area contributed by atoms with Crippen LogP contribution >= 0.6 is 12.4 Å². The second-order valence-electron chi connectivity index (χ2n) is 4.85. The minimum absolute atomic E-state index is 0. The van der Waals surface area contributed by atoms with E-state index in [0.29, 0.717) is 12.2 Å². The lowest BCUT2D eigenvalue weighted by Crippen LogP contribution is -2.17. The van der Waals surface area contributed by atoms with Crippen molar-refractivity contribution in [1.82, 2.24) is 5.32 Å². The van der Waals surface area contributed by atoms with E-state index >= 15 is 0 Å². The summed E-state index contributed by atoms with van der Waals surface area (Å²) in [5.74, 6) is 0.651. The van der Waals surface area contributed by atoms with Gasteiger partial charge in [0.2, 0.25) is 0 Å². The van der Waals surface area contributed by atoms with Gasteiger partial charge < -0.3 is 15.4 Å². The molecule has 0 aliphatic heterocycles. The van der Waals surface area contributed by atoms with Crippen molar-refractivity contribution in [3.05, 3.63) is 59.7 Å². The topological polar surface area (TPSA) is 50.4 Å². The van der Waals surface area contributed by atoms with E-state index in [-0.39, 0.29) is 18.3 Å². The fraction of sp³-hybridized carbons (Fsp3) is 0.278. The van der Waals surface area contributed by atoms with Gasteiger partial charge in [-0.3, -0.25) is 4.79 Å². The van der Waals surface area contributed by atoms with Gasteiger partial charge in [0.1, 0.15) is 5.75 Å². The van der Waals surface area contributed by atoms with Crippen molar-refractivity contribution < 1.29 is 9.53 Å². The lowest BCUT2D eigenvalue weighted by atomic mass is 10.1. The molecule has 0 fully saturated rings. The van der Waals surface area contributed by atoms with Gasteiger partial charge in [0.05, 0.1) is 6.61 Å². The summed E-state index contributed by atoms with van der Waals surface area (Å²) < 4.78 is 5.38. The van der Waals surface area contributed by atoms with Gasteiger partial charge >= 0.3 is 0 Å². The van der Waals surface area contributed by atoms with E-state index in [2.05, 4.69) is 17.6 Å². The molecule has 2 N–H and O–H groups in total. The number of para-hydroxylation sites is 1. The number of anilines is 1. The third-order valence-electron chi connectivity index (χ3n) is 3.26. The van der Waals surface area contributed by atoms with Crippen molar-refractivity contribution >= 4 is 24.0 Å². The number of carbonyl (C=O) groups is 1. The van der Waals surface area contributed by atoms with Crippen molar-refractivity contribution in [3.8, 4) is 5.75 Å². The number of rotatable bonds is 7. The first-order valence-electron chi connectivity index (χ1n) is 7.57. The van der Waals surface area contributed by atoms with Crippen LogP contribution < -0.4 is 15.4 Å². The van der Waals surface area contributed by atoms with Crippen LogP contribution in [-0.4, -0.2) is 19.1 Å². The predicted molar refractivity (Wildman–Crippen MR) is 96.6 cm³/mol. The average molecular weight is 335 g/mol. The molecule has 2 aromatic carbocycles. The Morgan fingerprint density at radius 2 is 1.74 bits per heavy atom. The maximum Gasteiger partial charge on any atom is 0.255 e. The lowest BCUT2D eigenvalue weighted by Gasteiger charge is -2.11. The second-order valence-corrected chi connectivity index (χ2v) is 4.85. The maximum absolute atomic E-state index is 12.3. The summed E-state index contributed by atoms with van der Waals surface area (Å²) in [5.41, 5.74) is 2.52. The lowest BCUT2D eigenvalue weighted by molar-refractivity contribution is 0.102. The number of carbonyl (C=O) groups excluding carboxylic acids is 1. The number of hydrogen-bond acceptors (Lipinski definition) is 3. The smallest absolute Gasteiger partial charge is 0.255 e. The Kier molecular flexibility index (Phi) is 8.16. The van der Waals surface area contributed by atoms with Gasteiger partial charge in [0, 0.05) is 17.8 Å². The fourth-order valence-corrected chi connectivity index (χ4v) is 2.12. The molecule has 23 heavy (non-hydrogen) atoms. The monoisotopic (exact) mass is 334 g/mol. The number of ether oxygens (including phenoxy) is 1. The molecule has 4 nitrogen and oxygen atoms in total. The van der Waals surface area contributed by atoms with Gasteiger partial charge in [0.25, 0.3) is 5.91 Å². The fourth-order valence-electron chi connectivity index (χ4n) is 2.12. The van der Waals surface area contributed by atoms with Gasteiger partial charge in [0.15, 0.2) is 0 Å². The van der Waals surface area contributed by atoms with Crippen molar-refractivity contribution in [1.29, 1.82) is 0 Å². The molecule has 0 spiro atoms. The minimum atomic E-state index is -0.119. The number of hydrogen-bond donors (Lipinski definition) is 2. The quantitative estimate of drug-likeness (QED) is 0.808. The molecule has 124 valence electrons. The Morgan fingerprint density at radius 1 is 1.04 bits per heavy atom. The van der Waals surface area contributed by atoms with E-state index in [1.165, 1.54) is 0 Å². The molecule has 0 aliphatic carbocycles. The normalized spacial score (nSPS) is 9.83. The molecular weight excluding hydrogens is 312 g/mol. The summed E-state index contributed by atoms with van der Waals surface area (Å²) in [4.78, 5) is 12.3. The van der Waals surface area contributed by atoms with Gasteiger partial charge in [-0.15, -0.1) is 12.4 Å². The molecule has 2 aromatic rings. The third kappa shape index (κ3) is 5.58. The number of benzene rings is 2. The third-order valence-corrected chi connectivity index (χ3v) is 3.26. The van der Waals surface area contributed by atoms with E-state index in [1.54, 1.807) is 12.1 Å². The highest BCUT2D eigenvalue weighted by atomic mass is 35.5. The number of nitrogens with one attached hydrogen (secondary N) is 2. The zero-order chi connectivity index (χ0) is 15.8. The average Bonchev–Trinajstić information content (AvgIpc) is 2.55. The Hall–Kier alpha value is -2.04. The van der Waals surface area contributed by atoms with Crippen molar-refractivity contribution in [3.63, 3.8) is 0 Å². The summed E-state index contributed by atoms with van der Waals surface area (Å²) in [6, 6.07) is 15.0. The molecule has 0 aliphatic rings. The summed E-state index contributed by atoms with van der Waals surface area (Å²) in [7, 11) is 0. The van der Waals surface area contributed by atoms with Crippen LogP contribution in [0.5, 0.6) is 5.75 Å². The molecule has 0 heterocycles. The van der Waals surface area contributed by atoms with Gasteiger partial charge in [-0.1, -0.05) is 25.1 Å². The zero-order valence-corrected chi connectivity index (χ0v) is 14.3. The largest absolute Gasteiger partial charge is 0.494 e. The molecule has 5 heteroatoms. The van der Waals surface area contributed by atoms with Crippen LogP contribution in [0.2, 0.25) is 0 Å². The molecule has 2 rings (SSSR count). The Balaban J connectivity index is 0.00000264. The molecule has 0 saturated heterocycles. The van der Waals surface area contributed by atoms with Crippen molar-refractivity contribution in [2.75, 3.05) is 18.5 Å². The van der Waals surface area contributed by atoms with E-state index in [1.807, 2.05) is 43.3 Å². The standard InChI is InChI=1S/C18H22N2O2.ClH/c1-3-19-13-15-7-5-6-8-17(15)20-18(21)14-9-11-16(12-10-14)22-4-2;/h5-12,19H,3-4,13H2,1-2H3,(H,20,21);1H. The molecule has 0 atom stereocenters. The maximum atomic E-state index is 12.3. The zero-order valence-electron chi connectivity index (χ0n) is 13.5.